The number of nitrogens with one attached hydrogen (secondary N) is 1. The summed E-state index contributed by atoms with van der Waals surface area (Å²) in [6.07, 6.45) is 4.48. The van der Waals surface area contributed by atoms with Crippen LogP contribution in [0.4, 0.5) is 34.1 Å². The van der Waals surface area contributed by atoms with E-state index in [1.165, 1.54) is 170 Å². The number of hydrogen-bond acceptors (Lipinski definition) is 7. The Labute approximate surface area is 640 Å². The van der Waals surface area contributed by atoms with E-state index in [2.05, 4.69) is 325 Å². The maximum atomic E-state index is 7.88. The zero-order valence-corrected chi connectivity index (χ0v) is 64.0. The summed E-state index contributed by atoms with van der Waals surface area (Å²) in [5.41, 5.74) is 42.7. The quantitative estimate of drug-likeness (QED) is 0.136. The summed E-state index contributed by atoms with van der Waals surface area (Å²) in [4.78, 5) is 0. The van der Waals surface area contributed by atoms with Gasteiger partial charge in [-0.05, 0) is 263 Å². The van der Waals surface area contributed by atoms with Gasteiger partial charge in [-0.3, -0.25) is 8.61 Å². The van der Waals surface area contributed by atoms with Crippen LogP contribution in [0.3, 0.4) is 0 Å². The molecule has 0 atom stereocenters. The van der Waals surface area contributed by atoms with Crippen molar-refractivity contribution in [2.45, 2.75) is 62.3 Å². The van der Waals surface area contributed by atoms with Gasteiger partial charge in [-0.1, -0.05) is 123 Å². The van der Waals surface area contributed by atoms with Gasteiger partial charge in [0.25, 0.3) is 20.1 Å². The summed E-state index contributed by atoms with van der Waals surface area (Å²) < 4.78 is 30.3. The van der Waals surface area contributed by atoms with Gasteiger partial charge in [-0.25, -0.2) is 0 Å². The van der Waals surface area contributed by atoms with Crippen LogP contribution in [0.2, 0.25) is 0 Å². The van der Waals surface area contributed by atoms with Crippen LogP contribution in [-0.4, -0.2) is 50.9 Å². The molecule has 518 valence electrons. The lowest BCUT2D eigenvalue weighted by molar-refractivity contribution is 0.487. The number of ether oxygens (including phenoxy) is 2. The molecule has 6 aliphatic heterocycles. The zero-order chi connectivity index (χ0) is 72.9. The SMILES string of the molecule is CSN1c2cc3c(cc2B2c4cc(C)ccc4Oc4cc(-n5c6ccc(C)cc6c6cc(C)ccc65)cc1c42)B1c2cc4c(cc2Oc2cc(-n5c6ccc(C)cc6c6cc(C)ccc65)cc(c21)N3SC)Nc1cc(-n2c3ccc(C)cc3c3cc(C)ccc32)cc2c1B4c1cc(C)cc3c4cc(C)ccc4n-2c13. The van der Waals surface area contributed by atoms with E-state index in [0.717, 1.165) is 96.1 Å². The molecule has 18 aromatic rings. The number of hydrogen-bond donors (Lipinski definition) is 1. The normalized spacial score (nSPS) is 13.8. The van der Waals surface area contributed by atoms with E-state index in [0.29, 0.717) is 0 Å². The average Bonchev–Trinajstić information content (AvgIpc) is 1.55. The highest BCUT2D eigenvalue weighted by Gasteiger charge is 2.49. The summed E-state index contributed by atoms with van der Waals surface area (Å²) in [6.45, 7) is 19.4. The Hall–Kier alpha value is -11.8. The van der Waals surface area contributed by atoms with Crippen LogP contribution in [0.25, 0.3) is 110 Å². The van der Waals surface area contributed by atoms with Gasteiger partial charge in [0.15, 0.2) is 0 Å². The number of rotatable bonds is 5. The van der Waals surface area contributed by atoms with Crippen molar-refractivity contribution in [3.05, 3.63) is 268 Å². The Morgan fingerprint density at radius 1 is 0.257 bits per heavy atom. The summed E-state index contributed by atoms with van der Waals surface area (Å²) in [7, 11) is 0. The Morgan fingerprint density at radius 2 is 0.615 bits per heavy atom. The van der Waals surface area contributed by atoms with Gasteiger partial charge in [0.05, 0.1) is 67.1 Å². The molecule has 14 aromatic carbocycles. The van der Waals surface area contributed by atoms with Crippen molar-refractivity contribution in [1.29, 1.82) is 0 Å². The maximum Gasteiger partial charge on any atom is 0.256 e. The highest BCUT2D eigenvalue weighted by Crippen LogP contribution is 2.50. The molecule has 0 spiro atoms. The molecule has 0 radical (unpaired) electrons. The van der Waals surface area contributed by atoms with E-state index >= 15 is 0 Å². The Balaban J connectivity index is 0.772. The molecule has 0 fully saturated rings. The van der Waals surface area contributed by atoms with E-state index in [1.54, 1.807) is 23.9 Å². The lowest BCUT2D eigenvalue weighted by Crippen LogP contribution is -2.65. The second-order valence-corrected chi connectivity index (χ2v) is 33.4. The van der Waals surface area contributed by atoms with Crippen molar-refractivity contribution in [3.63, 3.8) is 0 Å². The van der Waals surface area contributed by atoms with Crippen molar-refractivity contribution < 1.29 is 9.47 Å². The third-order valence-electron chi connectivity index (χ3n) is 25.0. The van der Waals surface area contributed by atoms with Gasteiger partial charge in [0.1, 0.15) is 23.0 Å². The van der Waals surface area contributed by atoms with E-state index < -0.39 is 0 Å². The highest BCUT2D eigenvalue weighted by atomic mass is 32.2. The molecule has 24 rings (SSSR count). The van der Waals surface area contributed by atoms with Crippen molar-refractivity contribution in [2.75, 3.05) is 26.4 Å². The Bertz CT molecular complexity index is 7180. The first-order valence-electron chi connectivity index (χ1n) is 38.0. The van der Waals surface area contributed by atoms with Crippen LogP contribution in [0, 0.1) is 62.3 Å². The minimum atomic E-state index is -0.257. The summed E-state index contributed by atoms with van der Waals surface area (Å²) in [6, 6.07) is 84.9. The molecule has 10 heterocycles. The molecule has 6 aliphatic rings. The smallest absolute Gasteiger partial charge is 0.256 e. The molecule has 14 heteroatoms. The zero-order valence-electron chi connectivity index (χ0n) is 62.3. The van der Waals surface area contributed by atoms with Gasteiger partial charge in [-0.15, -0.1) is 0 Å². The second-order valence-electron chi connectivity index (χ2n) is 32.0. The first kappa shape index (κ1) is 62.2. The van der Waals surface area contributed by atoms with Crippen LogP contribution in [0.5, 0.6) is 23.0 Å². The minimum Gasteiger partial charge on any atom is -0.458 e. The van der Waals surface area contributed by atoms with Crippen molar-refractivity contribution in [2.24, 2.45) is 0 Å². The van der Waals surface area contributed by atoms with Crippen molar-refractivity contribution in [3.8, 4) is 45.7 Å². The molecule has 109 heavy (non-hydrogen) atoms. The van der Waals surface area contributed by atoms with E-state index in [4.69, 9.17) is 9.47 Å². The number of aryl methyl sites for hydroxylation is 9. The number of benzene rings is 14. The third-order valence-corrected chi connectivity index (χ3v) is 26.5. The molecule has 0 saturated carbocycles. The largest absolute Gasteiger partial charge is 0.458 e. The lowest BCUT2D eigenvalue weighted by Gasteiger charge is -2.43. The predicted molar refractivity (Wildman–Crippen MR) is 467 cm³/mol. The topological polar surface area (TPSA) is 56.7 Å². The summed E-state index contributed by atoms with van der Waals surface area (Å²) in [5.74, 6) is 3.46. The van der Waals surface area contributed by atoms with Crippen LogP contribution in [0.15, 0.2) is 218 Å². The standard InChI is InChI=1S/C95H70B3N7O2S2/c1-48-12-20-76-60(28-48)61-29-49(2)13-21-77(61)100(76)57-38-75-92-85(39-57)103-82-26-18-54(7)34-66(82)67-35-56(9)37-73(95(67)103)96(92)68-44-72-89(46-74(68)99-75)107-91-43-59(102-80-24-16-52(5)32-64(80)65-33-53(6)17-25-81(65)102)41-87-94(91)98(72)70-45-69-83(47-84(70)105(87)109-11)104(108-10)86-40-58(42-90-93(86)97(69)71-36-55(8)19-27-88(71)106-90)101-78-22-14-50(3)30-62(78)63-31-51(4)15-23-79(63)101/h12-47,99H,1-11H3. The molecule has 0 saturated heterocycles. The predicted octanol–water partition coefficient (Wildman–Crippen LogP) is 18.4. The molecule has 0 amide bonds. The monoisotopic (exact) mass is 1440 g/mol. The molecular formula is C95H70B3N7O2S2. The van der Waals surface area contributed by atoms with Crippen molar-refractivity contribution in [1.82, 2.24) is 18.3 Å². The average molecular weight is 1440 g/mol. The first-order chi connectivity index (χ1) is 53.1. The van der Waals surface area contributed by atoms with Crippen LogP contribution >= 0.6 is 23.9 Å². The number of aromatic nitrogens is 4. The van der Waals surface area contributed by atoms with Crippen LogP contribution in [0.1, 0.15) is 50.1 Å². The fraction of sp³-hybridized carbons (Fsp3) is 0.116. The lowest BCUT2D eigenvalue weighted by atomic mass is 9.29. The third kappa shape index (κ3) is 8.32. The summed E-state index contributed by atoms with van der Waals surface area (Å²) in [5, 5.41) is 14.3. The summed E-state index contributed by atoms with van der Waals surface area (Å²) >= 11 is 3.53. The molecule has 0 bridgehead atoms. The molecule has 9 nitrogen and oxygen atoms in total. The molecule has 0 unspecified atom stereocenters. The number of anilines is 6. The van der Waals surface area contributed by atoms with Crippen LogP contribution in [-0.2, 0) is 0 Å². The van der Waals surface area contributed by atoms with Crippen LogP contribution < -0.4 is 72.6 Å². The Kier molecular flexibility index (Phi) is 12.4. The van der Waals surface area contributed by atoms with Crippen molar-refractivity contribution >= 4 is 215 Å². The molecular weight excluding hydrogens is 1370 g/mol. The Morgan fingerprint density at radius 3 is 1.07 bits per heavy atom. The highest BCUT2D eigenvalue weighted by molar-refractivity contribution is 8.00. The molecule has 1 N–H and O–H groups in total. The number of fused-ring (bicyclic) bond motifs is 24. The first-order valence-corrected chi connectivity index (χ1v) is 40.4. The maximum absolute atomic E-state index is 7.88. The van der Waals surface area contributed by atoms with Gasteiger partial charge in [0, 0.05) is 108 Å². The van der Waals surface area contributed by atoms with Gasteiger partial charge in [0.2, 0.25) is 0 Å². The molecule has 0 aliphatic carbocycles. The number of nitrogens with zero attached hydrogens (tertiary/aromatic N) is 6. The molecule has 4 aromatic heterocycles. The second kappa shape index (κ2) is 21.7. The van der Waals surface area contributed by atoms with Gasteiger partial charge < -0.3 is 33.1 Å². The van der Waals surface area contributed by atoms with Gasteiger partial charge >= 0.3 is 0 Å². The minimum absolute atomic E-state index is 0.142. The van der Waals surface area contributed by atoms with E-state index in [1.807, 2.05) is 0 Å². The fourth-order valence-electron chi connectivity index (χ4n) is 20.5. The fourth-order valence-corrected chi connectivity index (χ4v) is 21.9. The van der Waals surface area contributed by atoms with E-state index in [9.17, 15) is 0 Å². The van der Waals surface area contributed by atoms with E-state index in [-0.39, 0.29) is 20.1 Å². The van der Waals surface area contributed by atoms with Gasteiger partial charge in [-0.2, -0.15) is 0 Å².